The third-order valence-electron chi connectivity index (χ3n) is 3.12. The molecule has 1 heterocycles. The molecule has 0 spiro atoms. The molecular formula is C13H17N3O2. The predicted octanol–water partition coefficient (Wildman–Crippen LogP) is 0.678. The lowest BCUT2D eigenvalue weighted by Gasteiger charge is -2.27. The van der Waals surface area contributed by atoms with E-state index in [1.165, 1.54) is 13.2 Å². The molecule has 0 saturated carbocycles. The van der Waals surface area contributed by atoms with E-state index in [1.807, 2.05) is 0 Å². The topological polar surface area (TPSA) is 68.5 Å². The Morgan fingerprint density at radius 3 is 2.78 bits per heavy atom. The average molecular weight is 247 g/mol. The highest BCUT2D eigenvalue weighted by atomic mass is 16.5. The number of hydrogen-bond donors (Lipinski definition) is 2. The molecule has 1 aromatic carbocycles. The zero-order chi connectivity index (χ0) is 13.0. The molecule has 0 atom stereocenters. The van der Waals surface area contributed by atoms with E-state index in [2.05, 4.69) is 16.3 Å². The Balaban J connectivity index is 2.19. The largest absolute Gasteiger partial charge is 0.507 e. The van der Waals surface area contributed by atoms with Crippen molar-refractivity contribution in [2.24, 2.45) is 0 Å². The van der Waals surface area contributed by atoms with Gasteiger partial charge in [-0.25, -0.2) is 0 Å². The molecule has 0 aliphatic carbocycles. The van der Waals surface area contributed by atoms with Crippen molar-refractivity contribution in [1.29, 1.82) is 5.26 Å². The number of phenols is 1. The standard InChI is InChI=1S/C13H17N3O2/c1-18-13-7-12(17)11(6-10(13)8-14)9-16-4-2-15-3-5-16/h6-7,15,17H,2-5,9H2,1H3. The van der Waals surface area contributed by atoms with Crippen LogP contribution < -0.4 is 10.1 Å². The van der Waals surface area contributed by atoms with Crippen LogP contribution in [0.25, 0.3) is 0 Å². The maximum Gasteiger partial charge on any atom is 0.140 e. The summed E-state index contributed by atoms with van der Waals surface area (Å²) < 4.78 is 5.06. The van der Waals surface area contributed by atoms with Crippen LogP contribution in [-0.4, -0.2) is 43.3 Å². The Hall–Kier alpha value is -1.77. The molecule has 0 radical (unpaired) electrons. The monoisotopic (exact) mass is 247 g/mol. The number of nitriles is 1. The summed E-state index contributed by atoms with van der Waals surface area (Å²) in [7, 11) is 1.49. The van der Waals surface area contributed by atoms with E-state index in [4.69, 9.17) is 10.00 Å². The summed E-state index contributed by atoms with van der Waals surface area (Å²) in [6, 6.07) is 5.30. The van der Waals surface area contributed by atoms with Crippen molar-refractivity contribution in [2.75, 3.05) is 33.3 Å². The molecule has 5 nitrogen and oxygen atoms in total. The molecule has 2 N–H and O–H groups in total. The predicted molar refractivity (Wildman–Crippen MR) is 67.5 cm³/mol. The third-order valence-corrected chi connectivity index (χ3v) is 3.12. The number of rotatable bonds is 3. The zero-order valence-electron chi connectivity index (χ0n) is 10.4. The van der Waals surface area contributed by atoms with Gasteiger partial charge in [0.2, 0.25) is 0 Å². The SMILES string of the molecule is COc1cc(O)c(CN2CCNCC2)cc1C#N. The number of ether oxygens (including phenoxy) is 1. The Kier molecular flexibility index (Phi) is 4.03. The molecule has 0 bridgehead atoms. The van der Waals surface area contributed by atoms with E-state index in [0.29, 0.717) is 17.9 Å². The Morgan fingerprint density at radius 2 is 2.17 bits per heavy atom. The molecule has 1 aliphatic heterocycles. The van der Waals surface area contributed by atoms with Crippen LogP contribution in [0.3, 0.4) is 0 Å². The molecule has 1 aliphatic rings. The Bertz CT molecular complexity index is 462. The fraction of sp³-hybridized carbons (Fsp3) is 0.462. The number of benzene rings is 1. The van der Waals surface area contributed by atoms with Gasteiger partial charge < -0.3 is 15.2 Å². The lowest BCUT2D eigenvalue weighted by molar-refractivity contribution is 0.230. The van der Waals surface area contributed by atoms with Gasteiger partial charge in [-0.2, -0.15) is 5.26 Å². The molecule has 5 heteroatoms. The van der Waals surface area contributed by atoms with Crippen LogP contribution in [0.15, 0.2) is 12.1 Å². The highest BCUT2D eigenvalue weighted by molar-refractivity contribution is 5.51. The first-order valence-electron chi connectivity index (χ1n) is 5.97. The minimum atomic E-state index is 0.185. The summed E-state index contributed by atoms with van der Waals surface area (Å²) in [4.78, 5) is 2.25. The molecule has 1 fully saturated rings. The number of piperazine rings is 1. The van der Waals surface area contributed by atoms with Crippen molar-refractivity contribution in [3.8, 4) is 17.6 Å². The van der Waals surface area contributed by atoms with Gasteiger partial charge in [-0.15, -0.1) is 0 Å². The second kappa shape index (κ2) is 5.71. The number of methoxy groups -OCH3 is 1. The van der Waals surface area contributed by atoms with Gasteiger partial charge in [0.05, 0.1) is 12.7 Å². The molecule has 2 rings (SSSR count). The van der Waals surface area contributed by atoms with Crippen molar-refractivity contribution >= 4 is 0 Å². The highest BCUT2D eigenvalue weighted by Gasteiger charge is 2.14. The molecule has 96 valence electrons. The number of aromatic hydroxyl groups is 1. The van der Waals surface area contributed by atoms with Crippen LogP contribution in [-0.2, 0) is 6.54 Å². The van der Waals surface area contributed by atoms with Gasteiger partial charge in [0.1, 0.15) is 17.6 Å². The van der Waals surface area contributed by atoms with E-state index >= 15 is 0 Å². The molecule has 0 aromatic heterocycles. The van der Waals surface area contributed by atoms with E-state index in [0.717, 1.165) is 31.7 Å². The van der Waals surface area contributed by atoms with Gasteiger partial charge in [-0.3, -0.25) is 4.90 Å². The van der Waals surface area contributed by atoms with Crippen molar-refractivity contribution in [1.82, 2.24) is 10.2 Å². The van der Waals surface area contributed by atoms with Crippen LogP contribution >= 0.6 is 0 Å². The molecule has 0 unspecified atom stereocenters. The van der Waals surface area contributed by atoms with Crippen LogP contribution in [0.4, 0.5) is 0 Å². The summed E-state index contributed by atoms with van der Waals surface area (Å²) in [6.45, 7) is 4.48. The van der Waals surface area contributed by atoms with Gasteiger partial charge >= 0.3 is 0 Å². The van der Waals surface area contributed by atoms with Gasteiger partial charge in [0.25, 0.3) is 0 Å². The van der Waals surface area contributed by atoms with Crippen molar-refractivity contribution in [3.05, 3.63) is 23.3 Å². The highest BCUT2D eigenvalue weighted by Crippen LogP contribution is 2.28. The van der Waals surface area contributed by atoms with Gasteiger partial charge in [0.15, 0.2) is 0 Å². The first-order valence-corrected chi connectivity index (χ1v) is 5.97. The maximum atomic E-state index is 9.94. The summed E-state index contributed by atoms with van der Waals surface area (Å²) in [6.07, 6.45) is 0. The number of nitrogens with one attached hydrogen (secondary N) is 1. The van der Waals surface area contributed by atoms with Gasteiger partial charge in [-0.1, -0.05) is 0 Å². The van der Waals surface area contributed by atoms with E-state index in [-0.39, 0.29) is 5.75 Å². The van der Waals surface area contributed by atoms with Crippen molar-refractivity contribution in [3.63, 3.8) is 0 Å². The first kappa shape index (κ1) is 12.7. The molecule has 1 saturated heterocycles. The summed E-state index contributed by atoms with van der Waals surface area (Å²) >= 11 is 0. The van der Waals surface area contributed by atoms with E-state index in [1.54, 1.807) is 6.07 Å². The number of nitrogens with zero attached hydrogens (tertiary/aromatic N) is 2. The quantitative estimate of drug-likeness (QED) is 0.822. The van der Waals surface area contributed by atoms with E-state index < -0.39 is 0 Å². The normalized spacial score (nSPS) is 16.2. The van der Waals surface area contributed by atoms with Crippen LogP contribution in [0, 0.1) is 11.3 Å². The van der Waals surface area contributed by atoms with Crippen LogP contribution in [0.2, 0.25) is 0 Å². The summed E-state index contributed by atoms with van der Waals surface area (Å²) in [5, 5.41) is 22.3. The third kappa shape index (κ3) is 2.73. The molecule has 18 heavy (non-hydrogen) atoms. The smallest absolute Gasteiger partial charge is 0.140 e. The molecule has 1 aromatic rings. The van der Waals surface area contributed by atoms with Crippen LogP contribution in [0.5, 0.6) is 11.5 Å². The fourth-order valence-electron chi connectivity index (χ4n) is 2.11. The average Bonchev–Trinajstić information content (AvgIpc) is 2.41. The minimum Gasteiger partial charge on any atom is -0.507 e. The first-order chi connectivity index (χ1) is 8.74. The van der Waals surface area contributed by atoms with Gasteiger partial charge in [-0.05, 0) is 6.07 Å². The Labute approximate surface area is 107 Å². The lowest BCUT2D eigenvalue weighted by Crippen LogP contribution is -2.42. The van der Waals surface area contributed by atoms with Gasteiger partial charge in [0, 0.05) is 44.4 Å². The second-order valence-electron chi connectivity index (χ2n) is 4.32. The second-order valence-corrected chi connectivity index (χ2v) is 4.32. The number of hydrogen-bond acceptors (Lipinski definition) is 5. The molecular weight excluding hydrogens is 230 g/mol. The lowest BCUT2D eigenvalue weighted by atomic mass is 10.1. The van der Waals surface area contributed by atoms with Crippen molar-refractivity contribution in [2.45, 2.75) is 6.54 Å². The summed E-state index contributed by atoms with van der Waals surface area (Å²) in [5.41, 5.74) is 1.23. The summed E-state index contributed by atoms with van der Waals surface area (Å²) in [5.74, 6) is 0.600. The van der Waals surface area contributed by atoms with Crippen LogP contribution in [0.1, 0.15) is 11.1 Å². The minimum absolute atomic E-state index is 0.185. The maximum absolute atomic E-state index is 9.94. The van der Waals surface area contributed by atoms with Crippen molar-refractivity contribution < 1.29 is 9.84 Å². The fourth-order valence-corrected chi connectivity index (χ4v) is 2.11. The number of phenolic OH excluding ortho intramolecular Hbond substituents is 1. The zero-order valence-corrected chi connectivity index (χ0v) is 10.4. The molecule has 0 amide bonds. The Morgan fingerprint density at radius 1 is 1.44 bits per heavy atom. The van der Waals surface area contributed by atoms with E-state index in [9.17, 15) is 5.11 Å².